The van der Waals surface area contributed by atoms with Crippen molar-refractivity contribution in [3.63, 3.8) is 0 Å². The van der Waals surface area contributed by atoms with Gasteiger partial charge in [0.05, 0.1) is 0 Å². The van der Waals surface area contributed by atoms with E-state index >= 15 is 0 Å². The summed E-state index contributed by atoms with van der Waals surface area (Å²) in [5, 5.41) is 9.15. The van der Waals surface area contributed by atoms with Crippen LogP contribution in [0.15, 0.2) is 24.3 Å². The van der Waals surface area contributed by atoms with Crippen LogP contribution in [0.5, 0.6) is 0 Å². The monoisotopic (exact) mass is 251 g/mol. The van der Waals surface area contributed by atoms with E-state index in [2.05, 4.69) is 0 Å². The topological polar surface area (TPSA) is 46.2 Å². The Morgan fingerprint density at radius 2 is 1.78 bits per heavy atom. The fourth-order valence-electron chi connectivity index (χ4n) is 3.08. The van der Waals surface area contributed by atoms with Gasteiger partial charge in [0, 0.05) is 6.61 Å². The van der Waals surface area contributed by atoms with Gasteiger partial charge in [0.1, 0.15) is 5.82 Å². The van der Waals surface area contributed by atoms with Crippen LogP contribution in [0.2, 0.25) is 0 Å². The zero-order valence-electron chi connectivity index (χ0n) is 10.7. The first-order valence-corrected chi connectivity index (χ1v) is 6.81. The Morgan fingerprint density at radius 3 is 2.28 bits per heavy atom. The Bertz CT molecular complexity index is 357. The average molecular weight is 251 g/mol. The van der Waals surface area contributed by atoms with Gasteiger partial charge in [-0.2, -0.15) is 0 Å². The number of halogens is 1. The number of benzene rings is 1. The van der Waals surface area contributed by atoms with Crippen LogP contribution in [0.25, 0.3) is 0 Å². The first-order chi connectivity index (χ1) is 8.74. The highest BCUT2D eigenvalue weighted by molar-refractivity contribution is 5.21. The zero-order chi connectivity index (χ0) is 13.0. The number of aliphatic hydroxyl groups is 1. The first kappa shape index (κ1) is 13.5. The van der Waals surface area contributed by atoms with Gasteiger partial charge in [0.25, 0.3) is 0 Å². The van der Waals surface area contributed by atoms with E-state index in [-0.39, 0.29) is 5.82 Å². The van der Waals surface area contributed by atoms with E-state index in [9.17, 15) is 4.39 Å². The summed E-state index contributed by atoms with van der Waals surface area (Å²) in [6, 6.07) is 6.73. The van der Waals surface area contributed by atoms with E-state index in [0.717, 1.165) is 31.2 Å². The first-order valence-electron chi connectivity index (χ1n) is 6.81. The van der Waals surface area contributed by atoms with E-state index in [1.807, 2.05) is 12.1 Å². The van der Waals surface area contributed by atoms with E-state index < -0.39 is 0 Å². The van der Waals surface area contributed by atoms with Crippen LogP contribution in [0.4, 0.5) is 4.39 Å². The van der Waals surface area contributed by atoms with E-state index in [4.69, 9.17) is 10.8 Å². The minimum atomic E-state index is -0.196. The lowest BCUT2D eigenvalue weighted by molar-refractivity contribution is 0.158. The second-order valence-electron chi connectivity index (χ2n) is 5.36. The number of rotatable bonds is 4. The second kappa shape index (κ2) is 6.30. The molecule has 18 heavy (non-hydrogen) atoms. The molecule has 0 spiro atoms. The fourth-order valence-corrected chi connectivity index (χ4v) is 3.08. The van der Waals surface area contributed by atoms with Gasteiger partial charge in [-0.1, -0.05) is 12.1 Å². The van der Waals surface area contributed by atoms with Crippen molar-refractivity contribution in [1.29, 1.82) is 0 Å². The lowest BCUT2D eigenvalue weighted by Crippen LogP contribution is -2.26. The van der Waals surface area contributed by atoms with Gasteiger partial charge in [-0.25, -0.2) is 4.39 Å². The minimum Gasteiger partial charge on any atom is -0.396 e. The molecule has 1 aliphatic carbocycles. The molecule has 100 valence electrons. The fraction of sp³-hybridized carbons (Fsp3) is 0.600. The van der Waals surface area contributed by atoms with Gasteiger partial charge < -0.3 is 10.8 Å². The Morgan fingerprint density at radius 1 is 1.17 bits per heavy atom. The normalized spacial score (nSPS) is 25.9. The van der Waals surface area contributed by atoms with Crippen LogP contribution in [0.1, 0.15) is 37.2 Å². The maximum Gasteiger partial charge on any atom is 0.123 e. The van der Waals surface area contributed by atoms with Crippen LogP contribution in [0, 0.1) is 17.7 Å². The Kier molecular flexibility index (Phi) is 4.72. The molecule has 0 radical (unpaired) electrons. The molecule has 3 N–H and O–H groups in total. The molecule has 1 aromatic carbocycles. The summed E-state index contributed by atoms with van der Waals surface area (Å²) < 4.78 is 12.9. The molecular weight excluding hydrogens is 229 g/mol. The lowest BCUT2D eigenvalue weighted by Gasteiger charge is -2.33. The van der Waals surface area contributed by atoms with Crippen LogP contribution in [0.3, 0.4) is 0 Å². The SMILES string of the molecule is NCC(c1ccc(F)cc1)C1CCC(CO)CC1. The van der Waals surface area contributed by atoms with E-state index in [0.29, 0.717) is 30.9 Å². The van der Waals surface area contributed by atoms with Crippen LogP contribution in [-0.2, 0) is 0 Å². The van der Waals surface area contributed by atoms with Crippen molar-refractivity contribution >= 4 is 0 Å². The number of hydrogen-bond donors (Lipinski definition) is 2. The molecule has 1 aliphatic rings. The third-order valence-electron chi connectivity index (χ3n) is 4.27. The molecular formula is C15H22FNO. The van der Waals surface area contributed by atoms with Crippen LogP contribution < -0.4 is 5.73 Å². The molecule has 0 aliphatic heterocycles. The maximum absolute atomic E-state index is 12.9. The largest absolute Gasteiger partial charge is 0.396 e. The second-order valence-corrected chi connectivity index (χ2v) is 5.36. The molecule has 0 aromatic heterocycles. The Balaban J connectivity index is 2.03. The van der Waals surface area contributed by atoms with E-state index in [1.54, 1.807) is 0 Å². The summed E-state index contributed by atoms with van der Waals surface area (Å²) >= 11 is 0. The summed E-state index contributed by atoms with van der Waals surface area (Å²) in [6.07, 6.45) is 4.40. The number of hydrogen-bond acceptors (Lipinski definition) is 2. The molecule has 2 nitrogen and oxygen atoms in total. The molecule has 0 heterocycles. The van der Waals surface area contributed by atoms with Crippen LogP contribution >= 0.6 is 0 Å². The molecule has 1 atom stereocenters. The predicted octanol–water partition coefficient (Wildman–Crippen LogP) is 2.67. The zero-order valence-corrected chi connectivity index (χ0v) is 10.7. The Hall–Kier alpha value is -0.930. The van der Waals surface area contributed by atoms with Crippen molar-refractivity contribution in [2.24, 2.45) is 17.6 Å². The third kappa shape index (κ3) is 3.09. The molecule has 2 rings (SSSR count). The van der Waals surface area contributed by atoms with Crippen molar-refractivity contribution < 1.29 is 9.50 Å². The number of aliphatic hydroxyl groups excluding tert-OH is 1. The molecule has 0 bridgehead atoms. The Labute approximate surface area is 108 Å². The molecule has 1 unspecified atom stereocenters. The maximum atomic E-state index is 12.9. The smallest absolute Gasteiger partial charge is 0.123 e. The standard InChI is InChI=1S/C15H22FNO/c16-14-7-5-13(6-8-14)15(9-17)12-3-1-11(10-18)2-4-12/h5-8,11-12,15,18H,1-4,9-10,17H2. The van der Waals surface area contributed by atoms with Crippen LogP contribution in [-0.4, -0.2) is 18.3 Å². The van der Waals surface area contributed by atoms with Crippen molar-refractivity contribution in [2.45, 2.75) is 31.6 Å². The summed E-state index contributed by atoms with van der Waals surface area (Å²) in [4.78, 5) is 0. The predicted molar refractivity (Wildman–Crippen MR) is 70.7 cm³/mol. The highest BCUT2D eigenvalue weighted by atomic mass is 19.1. The summed E-state index contributed by atoms with van der Waals surface area (Å²) in [5.74, 6) is 1.17. The van der Waals surface area contributed by atoms with Crippen molar-refractivity contribution in [3.05, 3.63) is 35.6 Å². The molecule has 1 saturated carbocycles. The highest BCUT2D eigenvalue weighted by Crippen LogP contribution is 2.37. The molecule has 0 amide bonds. The van der Waals surface area contributed by atoms with Gasteiger partial charge >= 0.3 is 0 Å². The van der Waals surface area contributed by atoms with E-state index in [1.165, 1.54) is 12.1 Å². The summed E-state index contributed by atoms with van der Waals surface area (Å²) in [5.41, 5.74) is 7.04. The van der Waals surface area contributed by atoms with Crippen molar-refractivity contribution in [3.8, 4) is 0 Å². The van der Waals surface area contributed by atoms with Gasteiger partial charge in [-0.05, 0) is 67.7 Å². The summed E-state index contributed by atoms with van der Waals surface area (Å²) in [7, 11) is 0. The van der Waals surface area contributed by atoms with Crippen molar-refractivity contribution in [1.82, 2.24) is 0 Å². The number of nitrogens with two attached hydrogens (primary N) is 1. The lowest BCUT2D eigenvalue weighted by atomic mass is 9.74. The van der Waals surface area contributed by atoms with Gasteiger partial charge in [-0.3, -0.25) is 0 Å². The quantitative estimate of drug-likeness (QED) is 0.864. The summed E-state index contributed by atoms with van der Waals surface area (Å²) in [6.45, 7) is 0.913. The van der Waals surface area contributed by atoms with Gasteiger partial charge in [0.2, 0.25) is 0 Å². The van der Waals surface area contributed by atoms with Crippen molar-refractivity contribution in [2.75, 3.05) is 13.2 Å². The molecule has 3 heteroatoms. The van der Waals surface area contributed by atoms with Gasteiger partial charge in [-0.15, -0.1) is 0 Å². The minimum absolute atomic E-state index is 0.196. The molecule has 1 fully saturated rings. The average Bonchev–Trinajstić information content (AvgIpc) is 2.42. The molecule has 1 aromatic rings. The van der Waals surface area contributed by atoms with Gasteiger partial charge in [0.15, 0.2) is 0 Å². The third-order valence-corrected chi connectivity index (χ3v) is 4.27. The molecule has 0 saturated heterocycles. The highest BCUT2D eigenvalue weighted by Gasteiger charge is 2.27.